The molecule has 0 aliphatic rings. The van der Waals surface area contributed by atoms with Crippen molar-refractivity contribution in [2.24, 2.45) is 7.05 Å². The molecule has 0 spiro atoms. The van der Waals surface area contributed by atoms with Crippen LogP contribution in [0.4, 0.5) is 0 Å². The van der Waals surface area contributed by atoms with Crippen LogP contribution in [0.3, 0.4) is 0 Å². The van der Waals surface area contributed by atoms with Crippen LogP contribution in [0.1, 0.15) is 22.7 Å². The first kappa shape index (κ1) is 14.7. The topological polar surface area (TPSA) is 77.1 Å². The van der Waals surface area contributed by atoms with E-state index in [0.29, 0.717) is 16.7 Å². The lowest BCUT2D eigenvalue weighted by molar-refractivity contribution is 0.0943. The van der Waals surface area contributed by atoms with E-state index in [9.17, 15) is 4.79 Å². The van der Waals surface area contributed by atoms with Gasteiger partial charge in [0.25, 0.3) is 5.91 Å². The Labute approximate surface area is 135 Å². The molecule has 114 valence electrons. The Balaban J connectivity index is 1.55. The second-order valence-corrected chi connectivity index (χ2v) is 5.72. The van der Waals surface area contributed by atoms with Gasteiger partial charge in [-0.2, -0.15) is 5.10 Å². The molecule has 0 aromatic carbocycles. The molecule has 0 unspecified atom stereocenters. The van der Waals surface area contributed by atoms with Crippen molar-refractivity contribution < 1.29 is 4.79 Å². The summed E-state index contributed by atoms with van der Waals surface area (Å²) in [7, 11) is 1.74. The molecule has 0 aliphatic carbocycles. The average molecular weight is 363 g/mol. The van der Waals surface area contributed by atoms with Gasteiger partial charge in [-0.25, -0.2) is 0 Å². The van der Waals surface area contributed by atoms with Gasteiger partial charge in [0.15, 0.2) is 5.65 Å². The summed E-state index contributed by atoms with van der Waals surface area (Å²) in [5.41, 5.74) is 1.35. The molecule has 1 amide bonds. The number of carbonyl (C=O) groups is 1. The summed E-state index contributed by atoms with van der Waals surface area (Å²) in [6.07, 6.45) is 5.09. The number of carbonyl (C=O) groups excluding carboxylic acids is 1. The predicted octanol–water partition coefficient (Wildman–Crippen LogP) is 1.59. The normalized spacial score (nSPS) is 11.0. The summed E-state index contributed by atoms with van der Waals surface area (Å²) in [6.45, 7) is 0.568. The number of aryl methyl sites for hydroxylation is 2. The maximum atomic E-state index is 12.1. The Hall–Kier alpha value is -2.22. The Morgan fingerprint density at radius 1 is 1.36 bits per heavy atom. The number of aromatic nitrogens is 5. The quantitative estimate of drug-likeness (QED) is 0.699. The number of nitrogens with one attached hydrogen (secondary N) is 1. The highest BCUT2D eigenvalue weighted by atomic mass is 79.9. The molecule has 3 rings (SSSR count). The van der Waals surface area contributed by atoms with Crippen molar-refractivity contribution in [1.82, 2.24) is 29.7 Å². The molecule has 0 saturated heterocycles. The van der Waals surface area contributed by atoms with Crippen molar-refractivity contribution >= 4 is 27.5 Å². The number of pyridine rings is 1. The molecule has 0 aliphatic heterocycles. The second kappa shape index (κ2) is 6.27. The first-order chi connectivity index (χ1) is 10.7. The van der Waals surface area contributed by atoms with Crippen LogP contribution in [0.15, 0.2) is 35.1 Å². The number of halogens is 1. The number of hydrogen-bond donors (Lipinski definition) is 1. The molecule has 7 nitrogen and oxygen atoms in total. The van der Waals surface area contributed by atoms with E-state index in [0.717, 1.165) is 24.3 Å². The Bertz CT molecular complexity index is 789. The highest BCUT2D eigenvalue weighted by Crippen LogP contribution is 2.14. The van der Waals surface area contributed by atoms with Crippen molar-refractivity contribution in [3.8, 4) is 0 Å². The molecule has 0 fully saturated rings. The molecule has 3 heterocycles. The van der Waals surface area contributed by atoms with Crippen molar-refractivity contribution in [1.29, 1.82) is 0 Å². The van der Waals surface area contributed by atoms with Crippen LogP contribution in [0.5, 0.6) is 0 Å². The molecular formula is C14H15BrN6O. The fourth-order valence-corrected chi connectivity index (χ4v) is 2.79. The third kappa shape index (κ3) is 2.87. The van der Waals surface area contributed by atoms with Crippen LogP contribution in [0.2, 0.25) is 0 Å². The predicted molar refractivity (Wildman–Crippen MR) is 84.5 cm³/mol. The highest BCUT2D eigenvalue weighted by Gasteiger charge is 2.14. The summed E-state index contributed by atoms with van der Waals surface area (Å²) >= 11 is 3.32. The van der Waals surface area contributed by atoms with Gasteiger partial charge in [-0.05, 0) is 34.5 Å². The monoisotopic (exact) mass is 362 g/mol. The lowest BCUT2D eigenvalue weighted by atomic mass is 10.3. The Morgan fingerprint density at radius 2 is 2.23 bits per heavy atom. The molecule has 0 atom stereocenters. The minimum Gasteiger partial charge on any atom is -0.351 e. The van der Waals surface area contributed by atoms with E-state index >= 15 is 0 Å². The summed E-state index contributed by atoms with van der Waals surface area (Å²) in [5.74, 6) is 0.754. The lowest BCUT2D eigenvalue weighted by Gasteiger charge is -2.05. The third-order valence-electron chi connectivity index (χ3n) is 3.36. The summed E-state index contributed by atoms with van der Waals surface area (Å²) in [4.78, 5) is 12.1. The Morgan fingerprint density at radius 3 is 3.00 bits per heavy atom. The zero-order valence-electron chi connectivity index (χ0n) is 12.0. The smallest absolute Gasteiger partial charge is 0.270 e. The first-order valence-corrected chi connectivity index (χ1v) is 7.70. The van der Waals surface area contributed by atoms with Crippen LogP contribution < -0.4 is 5.32 Å². The van der Waals surface area contributed by atoms with Crippen LogP contribution in [-0.4, -0.2) is 36.8 Å². The zero-order valence-corrected chi connectivity index (χ0v) is 13.6. The molecule has 3 aromatic rings. The van der Waals surface area contributed by atoms with Crippen LogP contribution in [-0.2, 0) is 13.5 Å². The van der Waals surface area contributed by atoms with E-state index < -0.39 is 0 Å². The van der Waals surface area contributed by atoms with E-state index in [4.69, 9.17) is 0 Å². The molecule has 22 heavy (non-hydrogen) atoms. The van der Waals surface area contributed by atoms with E-state index in [1.807, 2.05) is 28.8 Å². The number of hydrogen-bond acceptors (Lipinski definition) is 4. The summed E-state index contributed by atoms with van der Waals surface area (Å²) < 4.78 is 4.20. The highest BCUT2D eigenvalue weighted by molar-refractivity contribution is 9.10. The van der Waals surface area contributed by atoms with Crippen molar-refractivity contribution in [2.45, 2.75) is 12.8 Å². The second-order valence-electron chi connectivity index (χ2n) is 4.87. The van der Waals surface area contributed by atoms with E-state index in [2.05, 4.69) is 36.5 Å². The Kier molecular flexibility index (Phi) is 4.19. The molecule has 1 N–H and O–H groups in total. The molecule has 0 radical (unpaired) electrons. The van der Waals surface area contributed by atoms with Crippen LogP contribution in [0, 0.1) is 0 Å². The van der Waals surface area contributed by atoms with E-state index in [1.54, 1.807) is 17.9 Å². The van der Waals surface area contributed by atoms with Crippen LogP contribution in [0.25, 0.3) is 5.65 Å². The van der Waals surface area contributed by atoms with Gasteiger partial charge in [0, 0.05) is 26.2 Å². The van der Waals surface area contributed by atoms with Gasteiger partial charge in [0.1, 0.15) is 11.5 Å². The lowest BCUT2D eigenvalue weighted by Crippen LogP contribution is -2.27. The van der Waals surface area contributed by atoms with Gasteiger partial charge >= 0.3 is 0 Å². The van der Waals surface area contributed by atoms with Gasteiger partial charge in [0.05, 0.1) is 10.7 Å². The SMILES string of the molecule is Cn1ncc(Br)c1C(=O)NCCCc1nnc2ccccn12. The number of fused-ring (bicyclic) bond motifs is 1. The third-order valence-corrected chi connectivity index (χ3v) is 3.94. The zero-order chi connectivity index (χ0) is 15.5. The van der Waals surface area contributed by atoms with Crippen molar-refractivity contribution in [2.75, 3.05) is 6.54 Å². The standard InChI is InChI=1S/C14H15BrN6O/c1-20-13(10(15)9-17-20)14(22)16-7-4-6-12-19-18-11-5-2-3-8-21(11)12/h2-3,5,8-9H,4,6-7H2,1H3,(H,16,22). The summed E-state index contributed by atoms with van der Waals surface area (Å²) in [5, 5.41) is 15.2. The molecule has 0 saturated carbocycles. The molecule has 3 aromatic heterocycles. The van der Waals surface area contributed by atoms with Crippen molar-refractivity contribution in [3.63, 3.8) is 0 Å². The van der Waals surface area contributed by atoms with Gasteiger partial charge in [-0.3, -0.25) is 13.9 Å². The van der Waals surface area contributed by atoms with Gasteiger partial charge in [-0.15, -0.1) is 10.2 Å². The average Bonchev–Trinajstić information content (AvgIpc) is 3.07. The maximum absolute atomic E-state index is 12.1. The fraction of sp³-hybridized carbons (Fsp3) is 0.286. The number of rotatable bonds is 5. The summed E-state index contributed by atoms with van der Waals surface area (Å²) in [6, 6.07) is 5.79. The minimum atomic E-state index is -0.141. The van der Waals surface area contributed by atoms with Gasteiger partial charge in [-0.1, -0.05) is 6.07 Å². The van der Waals surface area contributed by atoms with Gasteiger partial charge < -0.3 is 5.32 Å². The number of amides is 1. The number of nitrogens with zero attached hydrogens (tertiary/aromatic N) is 5. The van der Waals surface area contributed by atoms with E-state index in [1.165, 1.54) is 0 Å². The van der Waals surface area contributed by atoms with Gasteiger partial charge in [0.2, 0.25) is 0 Å². The maximum Gasteiger partial charge on any atom is 0.270 e. The molecular weight excluding hydrogens is 348 g/mol. The molecule has 0 bridgehead atoms. The van der Waals surface area contributed by atoms with Crippen LogP contribution >= 0.6 is 15.9 Å². The molecule has 8 heteroatoms. The minimum absolute atomic E-state index is 0.141. The fourth-order valence-electron chi connectivity index (χ4n) is 2.26. The van der Waals surface area contributed by atoms with E-state index in [-0.39, 0.29) is 5.91 Å². The largest absolute Gasteiger partial charge is 0.351 e. The first-order valence-electron chi connectivity index (χ1n) is 6.91. The van der Waals surface area contributed by atoms with Crippen molar-refractivity contribution in [3.05, 3.63) is 46.6 Å².